The van der Waals surface area contributed by atoms with Crippen LogP contribution in [0.3, 0.4) is 0 Å². The van der Waals surface area contributed by atoms with E-state index in [4.69, 9.17) is 23.7 Å². The van der Waals surface area contributed by atoms with Gasteiger partial charge in [0.25, 0.3) is 5.91 Å². The summed E-state index contributed by atoms with van der Waals surface area (Å²) in [4.78, 5) is 30.0. The monoisotopic (exact) mass is 664 g/mol. The van der Waals surface area contributed by atoms with Crippen LogP contribution >= 0.6 is 0 Å². The first kappa shape index (κ1) is 36.8. The summed E-state index contributed by atoms with van der Waals surface area (Å²) in [6.07, 6.45) is 8.54. The number of allylic oxidation sites excluding steroid dienone is 1. The molecule has 10 nitrogen and oxygen atoms in total. The number of carbonyl (C=O) groups excluding carboxylic acids is 2. The number of aryl methyl sites for hydroxylation is 1. The Morgan fingerprint density at radius 3 is 2.35 bits per heavy atom. The summed E-state index contributed by atoms with van der Waals surface area (Å²) < 4.78 is 30.0. The number of methoxy groups -OCH3 is 2. The minimum Gasteiger partial charge on any atom is -0.493 e. The van der Waals surface area contributed by atoms with Gasteiger partial charge >= 0.3 is 0 Å². The SMILES string of the molecule is CCC(C)=CC1CCCN1C(=O)c1cc(OC)c(OC(C)(C)[N+](C)(C)COc2ccc(C=CC(=O)N3CCOCC3)cc2OC)cc1C. The number of amides is 2. The van der Waals surface area contributed by atoms with Gasteiger partial charge in [0.1, 0.15) is 0 Å². The minimum absolute atomic E-state index is 0.0166. The summed E-state index contributed by atoms with van der Waals surface area (Å²) in [5.41, 5.74) is 2.82. The zero-order chi connectivity index (χ0) is 35.1. The van der Waals surface area contributed by atoms with Crippen LogP contribution in [0.25, 0.3) is 6.08 Å². The Hall–Kier alpha value is -4.02. The molecule has 2 heterocycles. The summed E-state index contributed by atoms with van der Waals surface area (Å²) >= 11 is 0. The molecule has 0 saturated carbocycles. The molecule has 0 aliphatic carbocycles. The molecule has 0 spiro atoms. The molecule has 2 aromatic carbocycles. The maximum absolute atomic E-state index is 13.7. The standard InChI is InChI=1S/C38H54N3O7/c1-10-27(2)22-30-12-11-17-40(30)37(43)31-25-34(45-9)35(23-28(31)3)48-38(4,5)41(6,7)26-47-32-15-13-29(24-33(32)44-8)14-16-36(42)39-18-20-46-21-19-39/h13-16,22-25,30H,10-12,17-21,26H2,1-9H3/q+1. The fraction of sp³-hybridized carbons (Fsp3) is 0.526. The van der Waals surface area contributed by atoms with Gasteiger partial charge in [-0.05, 0) is 74.6 Å². The van der Waals surface area contributed by atoms with Crippen LogP contribution in [-0.4, -0.2) is 106 Å². The molecule has 10 heteroatoms. The molecule has 0 N–H and O–H groups in total. The lowest BCUT2D eigenvalue weighted by molar-refractivity contribution is -0.971. The zero-order valence-electron chi connectivity index (χ0n) is 30.3. The first-order valence-corrected chi connectivity index (χ1v) is 16.8. The van der Waals surface area contributed by atoms with Gasteiger partial charge in [0, 0.05) is 45.1 Å². The van der Waals surface area contributed by atoms with Crippen molar-refractivity contribution in [2.75, 3.05) is 67.9 Å². The van der Waals surface area contributed by atoms with Crippen molar-refractivity contribution in [1.29, 1.82) is 0 Å². The molecule has 2 saturated heterocycles. The van der Waals surface area contributed by atoms with E-state index >= 15 is 0 Å². The van der Waals surface area contributed by atoms with Crippen molar-refractivity contribution < 1.29 is 37.8 Å². The quantitative estimate of drug-likeness (QED) is 0.111. The Labute approximate surface area is 286 Å². The molecule has 4 rings (SSSR count). The Kier molecular flexibility index (Phi) is 12.2. The van der Waals surface area contributed by atoms with E-state index in [0.717, 1.165) is 36.9 Å². The van der Waals surface area contributed by atoms with Crippen molar-refractivity contribution in [3.8, 4) is 23.0 Å². The Bertz CT molecular complexity index is 1510. The lowest BCUT2D eigenvalue weighted by Crippen LogP contribution is -2.61. The Morgan fingerprint density at radius 2 is 1.69 bits per heavy atom. The first-order chi connectivity index (χ1) is 22.8. The molecule has 262 valence electrons. The number of nitrogens with zero attached hydrogens (tertiary/aromatic N) is 3. The predicted octanol–water partition coefficient (Wildman–Crippen LogP) is 6.07. The van der Waals surface area contributed by atoms with Gasteiger partial charge in [-0.2, -0.15) is 0 Å². The van der Waals surface area contributed by atoms with Crippen LogP contribution in [0.2, 0.25) is 0 Å². The maximum Gasteiger partial charge on any atom is 0.254 e. The molecule has 0 radical (unpaired) electrons. The van der Waals surface area contributed by atoms with Crippen molar-refractivity contribution in [2.45, 2.75) is 65.6 Å². The van der Waals surface area contributed by atoms with Crippen LogP contribution in [0.4, 0.5) is 0 Å². The number of likely N-dealkylation sites (tertiary alicyclic amines) is 1. The minimum atomic E-state index is -0.760. The molecular weight excluding hydrogens is 610 g/mol. The summed E-state index contributed by atoms with van der Waals surface area (Å²) in [7, 11) is 7.24. The van der Waals surface area contributed by atoms with Crippen LogP contribution in [0.5, 0.6) is 23.0 Å². The van der Waals surface area contributed by atoms with Crippen LogP contribution in [-0.2, 0) is 9.53 Å². The van der Waals surface area contributed by atoms with E-state index in [0.29, 0.717) is 59.3 Å². The second kappa shape index (κ2) is 15.9. The highest BCUT2D eigenvalue weighted by Crippen LogP contribution is 2.37. The highest BCUT2D eigenvalue weighted by atomic mass is 16.6. The van der Waals surface area contributed by atoms with E-state index < -0.39 is 5.72 Å². The molecule has 1 atom stereocenters. The second-order valence-corrected chi connectivity index (χ2v) is 13.6. The third kappa shape index (κ3) is 8.71. The van der Waals surface area contributed by atoms with Crippen LogP contribution < -0.4 is 18.9 Å². The molecule has 1 unspecified atom stereocenters. The van der Waals surface area contributed by atoms with Crippen LogP contribution in [0.15, 0.2) is 48.1 Å². The van der Waals surface area contributed by atoms with Crippen molar-refractivity contribution >= 4 is 17.9 Å². The fourth-order valence-corrected chi connectivity index (χ4v) is 5.69. The van der Waals surface area contributed by atoms with E-state index in [-0.39, 0.29) is 24.6 Å². The van der Waals surface area contributed by atoms with Gasteiger partial charge < -0.3 is 33.5 Å². The number of benzene rings is 2. The summed E-state index contributed by atoms with van der Waals surface area (Å²) in [5, 5.41) is 0. The normalized spacial score (nSPS) is 17.5. The smallest absolute Gasteiger partial charge is 0.254 e. The van der Waals surface area contributed by atoms with E-state index in [2.05, 4.69) is 19.9 Å². The fourth-order valence-electron chi connectivity index (χ4n) is 5.69. The number of rotatable bonds is 13. The molecule has 2 aliphatic rings. The van der Waals surface area contributed by atoms with Gasteiger partial charge in [-0.1, -0.05) is 24.6 Å². The van der Waals surface area contributed by atoms with Crippen molar-refractivity contribution in [2.24, 2.45) is 0 Å². The number of ether oxygens (including phenoxy) is 5. The number of hydrogen-bond acceptors (Lipinski definition) is 7. The number of carbonyl (C=O) groups is 2. The van der Waals surface area contributed by atoms with E-state index in [1.54, 1.807) is 37.3 Å². The van der Waals surface area contributed by atoms with Gasteiger partial charge in [0.15, 0.2) is 23.0 Å². The van der Waals surface area contributed by atoms with Gasteiger partial charge in [0.2, 0.25) is 18.4 Å². The molecule has 2 aromatic rings. The zero-order valence-corrected chi connectivity index (χ0v) is 30.3. The molecule has 2 fully saturated rings. The van der Waals surface area contributed by atoms with E-state index in [1.807, 2.05) is 64.0 Å². The Morgan fingerprint density at radius 1 is 1.00 bits per heavy atom. The maximum atomic E-state index is 13.7. The van der Waals surface area contributed by atoms with Gasteiger partial charge in [-0.15, -0.1) is 0 Å². The second-order valence-electron chi connectivity index (χ2n) is 13.6. The first-order valence-electron chi connectivity index (χ1n) is 16.8. The average molecular weight is 665 g/mol. The van der Waals surface area contributed by atoms with Crippen molar-refractivity contribution in [3.63, 3.8) is 0 Å². The van der Waals surface area contributed by atoms with Crippen molar-refractivity contribution in [1.82, 2.24) is 9.80 Å². The summed E-state index contributed by atoms with van der Waals surface area (Å²) in [6.45, 7) is 13.5. The topological polar surface area (TPSA) is 86.8 Å². The van der Waals surface area contributed by atoms with Gasteiger partial charge in [0.05, 0.1) is 47.6 Å². The van der Waals surface area contributed by atoms with E-state index in [9.17, 15) is 9.59 Å². The molecule has 48 heavy (non-hydrogen) atoms. The molecule has 2 amide bonds. The summed E-state index contributed by atoms with van der Waals surface area (Å²) in [6, 6.07) is 9.41. The lowest BCUT2D eigenvalue weighted by Gasteiger charge is -2.43. The largest absolute Gasteiger partial charge is 0.493 e. The van der Waals surface area contributed by atoms with Crippen LogP contribution in [0.1, 0.15) is 68.4 Å². The Balaban J connectivity index is 1.45. The van der Waals surface area contributed by atoms with Gasteiger partial charge in [-0.3, -0.25) is 14.1 Å². The van der Waals surface area contributed by atoms with E-state index in [1.165, 1.54) is 5.57 Å². The highest BCUT2D eigenvalue weighted by molar-refractivity contribution is 5.97. The summed E-state index contributed by atoms with van der Waals surface area (Å²) in [5.74, 6) is 2.18. The number of hydrogen-bond donors (Lipinski definition) is 0. The predicted molar refractivity (Wildman–Crippen MR) is 188 cm³/mol. The highest BCUT2D eigenvalue weighted by Gasteiger charge is 2.41. The number of quaternary nitrogens is 1. The third-order valence-corrected chi connectivity index (χ3v) is 9.62. The molecule has 0 aromatic heterocycles. The average Bonchev–Trinajstić information content (AvgIpc) is 3.54. The molecular formula is C38H54N3O7+. The third-order valence-electron chi connectivity index (χ3n) is 9.62. The molecule has 0 bridgehead atoms. The van der Waals surface area contributed by atoms with Crippen molar-refractivity contribution in [3.05, 3.63) is 64.7 Å². The lowest BCUT2D eigenvalue weighted by atomic mass is 10.0. The van der Waals surface area contributed by atoms with Crippen LogP contribution in [0, 0.1) is 6.92 Å². The van der Waals surface area contributed by atoms with Gasteiger partial charge in [-0.25, -0.2) is 0 Å². The number of morpholine rings is 1. The molecule has 2 aliphatic heterocycles.